The van der Waals surface area contributed by atoms with E-state index in [0.29, 0.717) is 19.8 Å². The zero-order chi connectivity index (χ0) is 18.7. The van der Waals surface area contributed by atoms with Gasteiger partial charge in [-0.3, -0.25) is 0 Å². The highest BCUT2D eigenvalue weighted by Crippen LogP contribution is 2.31. The number of hydrogen-bond acceptors (Lipinski definition) is 3. The highest BCUT2D eigenvalue weighted by Gasteiger charge is 2.21. The van der Waals surface area contributed by atoms with Gasteiger partial charge < -0.3 is 9.47 Å². The lowest BCUT2D eigenvalue weighted by atomic mass is 10.1. The monoisotopic (exact) mass is 363 g/mol. The van der Waals surface area contributed by atoms with Crippen LogP contribution in [0.3, 0.4) is 0 Å². The SMILES string of the molecule is CCCOCCOCCCC1=NC(c2ccccc2)=C(c2ccccc2)[N]1. The summed E-state index contributed by atoms with van der Waals surface area (Å²) in [5.41, 5.74) is 4.09. The third-order valence-electron chi connectivity index (χ3n) is 4.21. The second-order valence-electron chi connectivity index (χ2n) is 6.40. The number of aliphatic imine (C=N–C) groups is 1. The summed E-state index contributed by atoms with van der Waals surface area (Å²) < 4.78 is 11.0. The van der Waals surface area contributed by atoms with Gasteiger partial charge in [0, 0.05) is 30.8 Å². The maximum atomic E-state index is 5.63. The smallest absolute Gasteiger partial charge is 0.129 e. The molecule has 0 fully saturated rings. The topological polar surface area (TPSA) is 44.9 Å². The van der Waals surface area contributed by atoms with Crippen LogP contribution in [-0.4, -0.2) is 32.3 Å². The van der Waals surface area contributed by atoms with E-state index in [0.717, 1.165) is 54.2 Å². The molecule has 1 aliphatic rings. The highest BCUT2D eigenvalue weighted by molar-refractivity contribution is 6.07. The Hall–Kier alpha value is -2.43. The number of rotatable bonds is 11. The van der Waals surface area contributed by atoms with Crippen molar-refractivity contribution in [2.45, 2.75) is 26.2 Å². The Morgan fingerprint density at radius 2 is 1.30 bits per heavy atom. The third-order valence-corrected chi connectivity index (χ3v) is 4.21. The average molecular weight is 363 g/mol. The van der Waals surface area contributed by atoms with Crippen LogP contribution in [0.2, 0.25) is 0 Å². The van der Waals surface area contributed by atoms with E-state index >= 15 is 0 Å². The number of hydrogen-bond donors (Lipinski definition) is 0. The summed E-state index contributed by atoms with van der Waals surface area (Å²) in [4.78, 5) is 4.82. The van der Waals surface area contributed by atoms with E-state index in [4.69, 9.17) is 19.8 Å². The normalized spacial score (nSPS) is 13.6. The number of amidine groups is 1. The van der Waals surface area contributed by atoms with E-state index in [1.165, 1.54) is 0 Å². The van der Waals surface area contributed by atoms with Gasteiger partial charge in [0.1, 0.15) is 5.84 Å². The quantitative estimate of drug-likeness (QED) is 0.541. The van der Waals surface area contributed by atoms with Crippen molar-refractivity contribution in [1.82, 2.24) is 5.32 Å². The van der Waals surface area contributed by atoms with Gasteiger partial charge in [0.2, 0.25) is 0 Å². The molecule has 0 aromatic heterocycles. The first-order valence-corrected chi connectivity index (χ1v) is 9.68. The number of benzene rings is 2. The minimum Gasteiger partial charge on any atom is -0.379 e. The molecular weight excluding hydrogens is 336 g/mol. The average Bonchev–Trinajstić information content (AvgIpc) is 3.15. The molecule has 0 unspecified atom stereocenters. The maximum absolute atomic E-state index is 5.63. The Labute approximate surface area is 161 Å². The van der Waals surface area contributed by atoms with Gasteiger partial charge in [-0.15, -0.1) is 0 Å². The molecule has 2 aromatic rings. The Morgan fingerprint density at radius 1 is 0.704 bits per heavy atom. The molecule has 3 rings (SSSR count). The molecule has 2 aromatic carbocycles. The summed E-state index contributed by atoms with van der Waals surface area (Å²) in [6, 6.07) is 20.5. The molecule has 0 atom stereocenters. The molecule has 27 heavy (non-hydrogen) atoms. The summed E-state index contributed by atoms with van der Waals surface area (Å²) in [6.45, 7) is 4.91. The summed E-state index contributed by atoms with van der Waals surface area (Å²) in [7, 11) is 0. The fourth-order valence-electron chi connectivity index (χ4n) is 2.89. The zero-order valence-corrected chi connectivity index (χ0v) is 15.9. The fourth-order valence-corrected chi connectivity index (χ4v) is 2.89. The van der Waals surface area contributed by atoms with Crippen molar-refractivity contribution >= 4 is 17.2 Å². The highest BCUT2D eigenvalue weighted by atomic mass is 16.5. The van der Waals surface area contributed by atoms with Crippen LogP contribution in [0.1, 0.15) is 37.3 Å². The maximum Gasteiger partial charge on any atom is 0.129 e. The molecule has 1 heterocycles. The van der Waals surface area contributed by atoms with Crippen LogP contribution in [0, 0.1) is 0 Å². The van der Waals surface area contributed by atoms with E-state index in [1.54, 1.807) is 0 Å². The van der Waals surface area contributed by atoms with Crippen LogP contribution in [0.15, 0.2) is 65.7 Å². The van der Waals surface area contributed by atoms with Crippen molar-refractivity contribution in [3.8, 4) is 0 Å². The summed E-state index contributed by atoms with van der Waals surface area (Å²) in [5, 5.41) is 4.82. The molecule has 0 N–H and O–H groups in total. The molecule has 0 saturated carbocycles. The molecule has 0 amide bonds. The van der Waals surface area contributed by atoms with Crippen molar-refractivity contribution in [1.29, 1.82) is 0 Å². The Kier molecular flexibility index (Phi) is 7.63. The van der Waals surface area contributed by atoms with Gasteiger partial charge in [-0.25, -0.2) is 10.3 Å². The summed E-state index contributed by atoms with van der Waals surface area (Å²) in [6.07, 6.45) is 2.75. The molecule has 4 heteroatoms. The van der Waals surface area contributed by atoms with Gasteiger partial charge in [-0.2, -0.15) is 0 Å². The molecule has 141 valence electrons. The molecule has 0 spiro atoms. The lowest BCUT2D eigenvalue weighted by Gasteiger charge is -2.06. The van der Waals surface area contributed by atoms with Crippen LogP contribution >= 0.6 is 0 Å². The van der Waals surface area contributed by atoms with E-state index in [1.807, 2.05) is 36.4 Å². The Morgan fingerprint density at radius 3 is 1.93 bits per heavy atom. The largest absolute Gasteiger partial charge is 0.379 e. The Bertz CT molecular complexity index is 754. The van der Waals surface area contributed by atoms with Crippen LogP contribution in [0.5, 0.6) is 0 Å². The third kappa shape index (κ3) is 5.78. The minimum atomic E-state index is 0.645. The van der Waals surface area contributed by atoms with Crippen LogP contribution in [-0.2, 0) is 9.47 Å². The zero-order valence-electron chi connectivity index (χ0n) is 15.9. The van der Waals surface area contributed by atoms with E-state index in [2.05, 4.69) is 31.2 Å². The van der Waals surface area contributed by atoms with Crippen molar-refractivity contribution < 1.29 is 9.47 Å². The predicted octanol–water partition coefficient (Wildman–Crippen LogP) is 4.75. The van der Waals surface area contributed by atoms with Crippen LogP contribution < -0.4 is 5.32 Å². The lowest BCUT2D eigenvalue weighted by Crippen LogP contribution is -2.12. The molecule has 1 aliphatic heterocycles. The number of nitrogens with zero attached hydrogens (tertiary/aromatic N) is 2. The molecule has 0 bridgehead atoms. The van der Waals surface area contributed by atoms with Gasteiger partial charge in [0.05, 0.1) is 24.6 Å². The van der Waals surface area contributed by atoms with Gasteiger partial charge >= 0.3 is 0 Å². The fraction of sp³-hybridized carbons (Fsp3) is 0.348. The Balaban J connectivity index is 1.56. The van der Waals surface area contributed by atoms with Crippen LogP contribution in [0.4, 0.5) is 0 Å². The van der Waals surface area contributed by atoms with Gasteiger partial charge in [-0.05, 0) is 12.8 Å². The standard InChI is InChI=1S/C23H27N2O2/c1-2-15-26-17-18-27-16-9-14-21-24-22(19-10-5-3-6-11-19)23(25-21)20-12-7-4-8-13-20/h3-8,10-13H,2,9,14-18H2,1H3. The van der Waals surface area contributed by atoms with Crippen molar-refractivity contribution in [2.24, 2.45) is 4.99 Å². The van der Waals surface area contributed by atoms with Gasteiger partial charge in [0.25, 0.3) is 0 Å². The lowest BCUT2D eigenvalue weighted by molar-refractivity contribution is 0.0476. The van der Waals surface area contributed by atoms with E-state index in [9.17, 15) is 0 Å². The second-order valence-corrected chi connectivity index (χ2v) is 6.40. The van der Waals surface area contributed by atoms with E-state index < -0.39 is 0 Å². The van der Waals surface area contributed by atoms with Crippen LogP contribution in [0.25, 0.3) is 11.4 Å². The van der Waals surface area contributed by atoms with E-state index in [-0.39, 0.29) is 0 Å². The molecule has 4 nitrogen and oxygen atoms in total. The molecule has 1 radical (unpaired) electrons. The van der Waals surface area contributed by atoms with Gasteiger partial charge in [0.15, 0.2) is 0 Å². The predicted molar refractivity (Wildman–Crippen MR) is 110 cm³/mol. The number of ether oxygens (including phenoxy) is 2. The van der Waals surface area contributed by atoms with Crippen molar-refractivity contribution in [3.05, 3.63) is 71.8 Å². The minimum absolute atomic E-state index is 0.645. The second kappa shape index (κ2) is 10.7. The molecule has 0 saturated heterocycles. The van der Waals surface area contributed by atoms with Crippen molar-refractivity contribution in [3.63, 3.8) is 0 Å². The molecular formula is C23H27N2O2. The summed E-state index contributed by atoms with van der Waals surface area (Å²) >= 11 is 0. The van der Waals surface area contributed by atoms with Crippen molar-refractivity contribution in [2.75, 3.05) is 26.4 Å². The molecule has 0 aliphatic carbocycles. The first-order valence-electron chi connectivity index (χ1n) is 9.68. The summed E-state index contributed by atoms with van der Waals surface area (Å²) in [5.74, 6) is 0.874. The first kappa shape index (κ1) is 19.3. The van der Waals surface area contributed by atoms with Gasteiger partial charge in [-0.1, -0.05) is 67.6 Å². The first-order chi connectivity index (χ1) is 13.4.